The Bertz CT molecular complexity index is 1030. The lowest BCUT2D eigenvalue weighted by Gasteiger charge is -2.31. The summed E-state index contributed by atoms with van der Waals surface area (Å²) in [5, 5.41) is 1.61. The van der Waals surface area contributed by atoms with Crippen LogP contribution in [-0.4, -0.2) is 33.0 Å². The predicted molar refractivity (Wildman–Crippen MR) is 117 cm³/mol. The van der Waals surface area contributed by atoms with Gasteiger partial charge in [0.2, 0.25) is 10.0 Å². The molecule has 148 valence electrons. The monoisotopic (exact) mass is 435 g/mol. The van der Waals surface area contributed by atoms with E-state index in [0.717, 1.165) is 36.6 Å². The molecule has 0 amide bonds. The van der Waals surface area contributed by atoms with Gasteiger partial charge in [0.15, 0.2) is 5.13 Å². The molecule has 0 radical (unpaired) electrons. The van der Waals surface area contributed by atoms with Crippen molar-refractivity contribution in [1.29, 1.82) is 0 Å². The van der Waals surface area contributed by atoms with Gasteiger partial charge in [0.1, 0.15) is 0 Å². The number of para-hydroxylation sites is 1. The van der Waals surface area contributed by atoms with Crippen molar-refractivity contribution in [1.82, 2.24) is 9.71 Å². The molecule has 1 N–H and O–H groups in total. The van der Waals surface area contributed by atoms with Gasteiger partial charge < -0.3 is 4.90 Å². The SMILES string of the molecule is O=S(=O)(Cc1cccc(Cl)c1)NCC1CCN(c2nc3ccccc3s2)CC1. The maximum atomic E-state index is 12.4. The number of fused-ring (bicyclic) bond motifs is 1. The Kier molecular flexibility index (Phi) is 5.87. The molecule has 8 heteroatoms. The number of thiazole rings is 1. The number of rotatable bonds is 6. The van der Waals surface area contributed by atoms with E-state index in [1.807, 2.05) is 18.2 Å². The van der Waals surface area contributed by atoms with Crippen molar-refractivity contribution >= 4 is 48.3 Å². The standard InChI is InChI=1S/C20H22ClN3O2S2/c21-17-5-3-4-16(12-17)14-28(25,26)22-13-15-8-10-24(11-9-15)20-23-18-6-1-2-7-19(18)27-20/h1-7,12,15,22H,8-11,13-14H2. The van der Waals surface area contributed by atoms with Gasteiger partial charge in [-0.05, 0) is 48.6 Å². The van der Waals surface area contributed by atoms with E-state index in [9.17, 15) is 8.42 Å². The van der Waals surface area contributed by atoms with E-state index in [1.165, 1.54) is 4.70 Å². The average molecular weight is 436 g/mol. The Morgan fingerprint density at radius 1 is 1.14 bits per heavy atom. The average Bonchev–Trinajstić information content (AvgIpc) is 3.11. The molecule has 0 unspecified atom stereocenters. The highest BCUT2D eigenvalue weighted by atomic mass is 35.5. The zero-order valence-corrected chi connectivity index (χ0v) is 17.7. The van der Waals surface area contributed by atoms with E-state index < -0.39 is 10.0 Å². The van der Waals surface area contributed by atoms with Crippen molar-refractivity contribution in [2.24, 2.45) is 5.92 Å². The number of halogens is 1. The third kappa shape index (κ3) is 4.84. The Morgan fingerprint density at radius 2 is 1.93 bits per heavy atom. The smallest absolute Gasteiger partial charge is 0.215 e. The molecule has 0 bridgehead atoms. The molecule has 28 heavy (non-hydrogen) atoms. The van der Waals surface area contributed by atoms with E-state index in [4.69, 9.17) is 16.6 Å². The minimum absolute atomic E-state index is 0.0435. The van der Waals surface area contributed by atoms with Crippen molar-refractivity contribution in [3.8, 4) is 0 Å². The second-order valence-corrected chi connectivity index (χ2v) is 10.4. The van der Waals surface area contributed by atoms with Crippen molar-refractivity contribution in [2.45, 2.75) is 18.6 Å². The topological polar surface area (TPSA) is 62.3 Å². The van der Waals surface area contributed by atoms with Gasteiger partial charge in [-0.3, -0.25) is 0 Å². The fraction of sp³-hybridized carbons (Fsp3) is 0.350. The molecular weight excluding hydrogens is 414 g/mol. The lowest BCUT2D eigenvalue weighted by Crippen LogP contribution is -2.38. The second kappa shape index (κ2) is 8.37. The molecule has 0 spiro atoms. The van der Waals surface area contributed by atoms with Gasteiger partial charge >= 0.3 is 0 Å². The number of nitrogens with zero attached hydrogens (tertiary/aromatic N) is 2. The molecule has 0 atom stereocenters. The molecule has 1 saturated heterocycles. The fourth-order valence-corrected chi connectivity index (χ4v) is 5.91. The summed E-state index contributed by atoms with van der Waals surface area (Å²) in [7, 11) is -3.37. The van der Waals surface area contributed by atoms with Crippen molar-refractivity contribution in [3.63, 3.8) is 0 Å². The van der Waals surface area contributed by atoms with Crippen LogP contribution in [-0.2, 0) is 15.8 Å². The van der Waals surface area contributed by atoms with Crippen LogP contribution in [0.3, 0.4) is 0 Å². The van der Waals surface area contributed by atoms with Crippen LogP contribution >= 0.6 is 22.9 Å². The third-order valence-corrected chi connectivity index (χ3v) is 7.66. The molecule has 2 aromatic carbocycles. The summed E-state index contributed by atoms with van der Waals surface area (Å²) in [5.41, 5.74) is 1.74. The minimum Gasteiger partial charge on any atom is -0.348 e. The van der Waals surface area contributed by atoms with Gasteiger partial charge in [-0.25, -0.2) is 18.1 Å². The molecule has 2 heterocycles. The Hall–Kier alpha value is -1.67. The lowest BCUT2D eigenvalue weighted by atomic mass is 9.97. The molecule has 1 fully saturated rings. The minimum atomic E-state index is -3.37. The Balaban J connectivity index is 1.29. The first-order valence-corrected chi connectivity index (χ1v) is 12.2. The summed E-state index contributed by atoms with van der Waals surface area (Å²) < 4.78 is 28.7. The van der Waals surface area contributed by atoms with Crippen LogP contribution in [0, 0.1) is 5.92 Å². The Labute approximate surface area is 174 Å². The summed E-state index contributed by atoms with van der Waals surface area (Å²) in [5.74, 6) is 0.303. The molecule has 0 saturated carbocycles. The largest absolute Gasteiger partial charge is 0.348 e. The molecule has 3 aromatic rings. The van der Waals surface area contributed by atoms with Gasteiger partial charge in [0.25, 0.3) is 0 Å². The van der Waals surface area contributed by atoms with Crippen LogP contribution in [0.1, 0.15) is 18.4 Å². The first kappa shape index (κ1) is 19.6. The first-order chi connectivity index (χ1) is 13.5. The Morgan fingerprint density at radius 3 is 2.68 bits per heavy atom. The quantitative estimate of drug-likeness (QED) is 0.627. The normalized spacial score (nSPS) is 16.0. The molecule has 1 aliphatic heterocycles. The zero-order valence-electron chi connectivity index (χ0n) is 15.3. The van der Waals surface area contributed by atoms with Crippen molar-refractivity contribution in [2.75, 3.05) is 24.5 Å². The van der Waals surface area contributed by atoms with Gasteiger partial charge in [-0.1, -0.05) is 47.2 Å². The summed E-state index contributed by atoms with van der Waals surface area (Å²) in [6.07, 6.45) is 1.91. The number of sulfonamides is 1. The van der Waals surface area contributed by atoms with Crippen molar-refractivity contribution < 1.29 is 8.42 Å². The molecular formula is C20H22ClN3O2S2. The maximum absolute atomic E-state index is 12.4. The molecule has 0 aliphatic carbocycles. The highest BCUT2D eigenvalue weighted by molar-refractivity contribution is 7.88. The predicted octanol–water partition coefficient (Wildman–Crippen LogP) is 4.29. The number of nitrogens with one attached hydrogen (secondary N) is 1. The van der Waals surface area contributed by atoms with Gasteiger partial charge in [0, 0.05) is 24.7 Å². The van der Waals surface area contributed by atoms with Gasteiger partial charge in [0.05, 0.1) is 16.0 Å². The molecule has 1 aromatic heterocycles. The highest BCUT2D eigenvalue weighted by Crippen LogP contribution is 2.31. The molecule has 1 aliphatic rings. The van der Waals surface area contributed by atoms with E-state index in [0.29, 0.717) is 23.0 Å². The van der Waals surface area contributed by atoms with Crippen LogP contribution in [0.2, 0.25) is 5.02 Å². The van der Waals surface area contributed by atoms with E-state index in [2.05, 4.69) is 15.7 Å². The summed E-state index contributed by atoms with van der Waals surface area (Å²) in [4.78, 5) is 7.03. The number of anilines is 1. The first-order valence-electron chi connectivity index (χ1n) is 9.31. The molecule has 4 rings (SSSR count). The number of hydrogen-bond acceptors (Lipinski definition) is 5. The lowest BCUT2D eigenvalue weighted by molar-refractivity contribution is 0.402. The second-order valence-electron chi connectivity index (χ2n) is 7.13. The summed E-state index contributed by atoms with van der Waals surface area (Å²) >= 11 is 7.66. The van der Waals surface area contributed by atoms with Gasteiger partial charge in [-0.15, -0.1) is 0 Å². The van der Waals surface area contributed by atoms with Crippen LogP contribution in [0.25, 0.3) is 10.2 Å². The number of aromatic nitrogens is 1. The van der Waals surface area contributed by atoms with Crippen LogP contribution in [0.5, 0.6) is 0 Å². The van der Waals surface area contributed by atoms with E-state index in [1.54, 1.807) is 35.6 Å². The highest BCUT2D eigenvalue weighted by Gasteiger charge is 2.23. The van der Waals surface area contributed by atoms with E-state index >= 15 is 0 Å². The molecule has 5 nitrogen and oxygen atoms in total. The van der Waals surface area contributed by atoms with Crippen LogP contribution in [0.4, 0.5) is 5.13 Å². The van der Waals surface area contributed by atoms with Crippen LogP contribution < -0.4 is 9.62 Å². The fourth-order valence-electron chi connectivity index (χ4n) is 3.47. The third-order valence-electron chi connectivity index (χ3n) is 5.01. The maximum Gasteiger partial charge on any atom is 0.215 e. The van der Waals surface area contributed by atoms with Crippen molar-refractivity contribution in [3.05, 3.63) is 59.1 Å². The van der Waals surface area contributed by atoms with Gasteiger partial charge in [-0.2, -0.15) is 0 Å². The number of piperidine rings is 1. The zero-order chi connectivity index (χ0) is 19.6. The summed E-state index contributed by atoms with van der Waals surface area (Å²) in [6, 6.07) is 15.2. The van der Waals surface area contributed by atoms with Crippen LogP contribution in [0.15, 0.2) is 48.5 Å². The summed E-state index contributed by atoms with van der Waals surface area (Å²) in [6.45, 7) is 2.29. The number of benzene rings is 2. The van der Waals surface area contributed by atoms with E-state index in [-0.39, 0.29) is 5.75 Å². The number of hydrogen-bond donors (Lipinski definition) is 1.